The zero-order valence-corrected chi connectivity index (χ0v) is 20.2. The molecule has 2 aromatic carbocycles. The minimum Gasteiger partial charge on any atom is -0.339 e. The molecule has 7 nitrogen and oxygen atoms in total. The van der Waals surface area contributed by atoms with Crippen LogP contribution in [-0.2, 0) is 10.0 Å². The standard InChI is InChI=1S/C24H28ClN3O4S/c1-17-10-14-28(15-11-17)33(31,32)18-8-9-21(25)20(16-18)23(29)26-22-7-3-2-6-19(22)24(30)27-12-4-5-13-27/h2-3,6-9,16-17H,4-5,10-15H2,1H3,(H,26,29). The Hall–Kier alpha value is -2.42. The first-order valence-corrected chi connectivity index (χ1v) is 13.1. The lowest BCUT2D eigenvalue weighted by atomic mass is 10.0. The average molecular weight is 490 g/mol. The van der Waals surface area contributed by atoms with E-state index in [4.69, 9.17) is 11.6 Å². The Kier molecular flexibility index (Phi) is 7.07. The molecule has 0 aromatic heterocycles. The van der Waals surface area contributed by atoms with Crippen molar-refractivity contribution in [2.24, 2.45) is 5.92 Å². The van der Waals surface area contributed by atoms with Crippen LogP contribution in [0, 0.1) is 5.92 Å². The van der Waals surface area contributed by atoms with E-state index in [1.807, 2.05) is 0 Å². The van der Waals surface area contributed by atoms with Gasteiger partial charge in [0.1, 0.15) is 0 Å². The van der Waals surface area contributed by atoms with E-state index in [0.717, 1.165) is 25.7 Å². The van der Waals surface area contributed by atoms with Gasteiger partial charge in [0, 0.05) is 26.2 Å². The third-order valence-corrected chi connectivity index (χ3v) is 8.59. The highest BCUT2D eigenvalue weighted by molar-refractivity contribution is 7.89. The molecule has 2 heterocycles. The monoisotopic (exact) mass is 489 g/mol. The number of para-hydroxylation sites is 1. The molecule has 4 rings (SSSR count). The number of likely N-dealkylation sites (tertiary alicyclic amines) is 1. The molecule has 1 N–H and O–H groups in total. The van der Waals surface area contributed by atoms with E-state index in [-0.39, 0.29) is 21.4 Å². The van der Waals surface area contributed by atoms with Crippen molar-refractivity contribution < 1.29 is 18.0 Å². The molecule has 2 aliphatic rings. The van der Waals surface area contributed by atoms with Crippen molar-refractivity contribution >= 4 is 39.1 Å². The zero-order chi connectivity index (χ0) is 23.6. The molecule has 33 heavy (non-hydrogen) atoms. The summed E-state index contributed by atoms with van der Waals surface area (Å²) in [7, 11) is -3.73. The van der Waals surface area contributed by atoms with Crippen LogP contribution >= 0.6 is 11.6 Å². The number of carbonyl (C=O) groups excluding carboxylic acids is 2. The summed E-state index contributed by atoms with van der Waals surface area (Å²) in [5, 5.41) is 2.90. The molecule has 176 valence electrons. The van der Waals surface area contributed by atoms with Crippen LogP contribution in [0.3, 0.4) is 0 Å². The van der Waals surface area contributed by atoms with Crippen molar-refractivity contribution in [2.45, 2.75) is 37.5 Å². The number of sulfonamides is 1. The molecule has 2 aliphatic heterocycles. The molecular weight excluding hydrogens is 462 g/mol. The Bertz CT molecular complexity index is 1150. The van der Waals surface area contributed by atoms with Crippen LogP contribution in [0.4, 0.5) is 5.69 Å². The molecule has 0 spiro atoms. The summed E-state index contributed by atoms with van der Waals surface area (Å²) in [5.41, 5.74) is 0.815. The summed E-state index contributed by atoms with van der Waals surface area (Å²) in [6, 6.07) is 11.0. The Balaban J connectivity index is 1.58. The molecule has 0 saturated carbocycles. The number of rotatable bonds is 5. The fourth-order valence-electron chi connectivity index (χ4n) is 4.27. The summed E-state index contributed by atoms with van der Waals surface area (Å²) in [5.74, 6) is -0.206. The molecule has 0 unspecified atom stereocenters. The summed E-state index contributed by atoms with van der Waals surface area (Å²) in [6.45, 7) is 4.42. The van der Waals surface area contributed by atoms with Crippen LogP contribution in [0.25, 0.3) is 0 Å². The summed E-state index contributed by atoms with van der Waals surface area (Å²) < 4.78 is 27.7. The lowest BCUT2D eigenvalue weighted by Gasteiger charge is -2.29. The molecule has 2 aromatic rings. The van der Waals surface area contributed by atoms with Gasteiger partial charge < -0.3 is 10.2 Å². The van der Waals surface area contributed by atoms with Gasteiger partial charge in [-0.05, 0) is 61.9 Å². The predicted octanol–water partition coefficient (Wildman–Crippen LogP) is 4.25. The molecule has 0 atom stereocenters. The number of halogens is 1. The average Bonchev–Trinajstić information content (AvgIpc) is 3.34. The van der Waals surface area contributed by atoms with Gasteiger partial charge in [0.15, 0.2) is 0 Å². The Morgan fingerprint density at radius 3 is 2.33 bits per heavy atom. The van der Waals surface area contributed by atoms with E-state index < -0.39 is 15.9 Å². The topological polar surface area (TPSA) is 86.8 Å². The van der Waals surface area contributed by atoms with Gasteiger partial charge >= 0.3 is 0 Å². The smallest absolute Gasteiger partial charge is 0.257 e. The molecule has 0 radical (unpaired) electrons. The highest BCUT2D eigenvalue weighted by atomic mass is 35.5. The quantitative estimate of drug-likeness (QED) is 0.680. The molecular formula is C24H28ClN3O4S. The number of carbonyl (C=O) groups is 2. The summed E-state index contributed by atoms with van der Waals surface area (Å²) >= 11 is 6.27. The largest absolute Gasteiger partial charge is 0.339 e. The molecule has 2 saturated heterocycles. The van der Waals surface area contributed by atoms with Gasteiger partial charge in [-0.3, -0.25) is 9.59 Å². The summed E-state index contributed by atoms with van der Waals surface area (Å²) in [4.78, 5) is 27.8. The van der Waals surface area contributed by atoms with Gasteiger partial charge in [0.05, 0.1) is 26.7 Å². The number of nitrogens with zero attached hydrogens (tertiary/aromatic N) is 2. The Morgan fingerprint density at radius 1 is 0.970 bits per heavy atom. The fraction of sp³-hybridized carbons (Fsp3) is 0.417. The van der Waals surface area contributed by atoms with Gasteiger partial charge in [-0.1, -0.05) is 30.7 Å². The van der Waals surface area contributed by atoms with Crippen LogP contribution < -0.4 is 5.32 Å². The maximum absolute atomic E-state index is 13.1. The van der Waals surface area contributed by atoms with E-state index in [9.17, 15) is 18.0 Å². The second kappa shape index (κ2) is 9.83. The van der Waals surface area contributed by atoms with E-state index in [1.54, 1.807) is 29.2 Å². The van der Waals surface area contributed by atoms with Crippen LogP contribution in [0.1, 0.15) is 53.3 Å². The van der Waals surface area contributed by atoms with Crippen molar-refractivity contribution in [3.05, 3.63) is 58.6 Å². The molecule has 2 fully saturated rings. The van der Waals surface area contributed by atoms with E-state index in [1.165, 1.54) is 22.5 Å². The van der Waals surface area contributed by atoms with Crippen molar-refractivity contribution in [3.63, 3.8) is 0 Å². The van der Waals surface area contributed by atoms with Gasteiger partial charge in [0.2, 0.25) is 10.0 Å². The van der Waals surface area contributed by atoms with Crippen LogP contribution in [0.15, 0.2) is 47.4 Å². The van der Waals surface area contributed by atoms with E-state index >= 15 is 0 Å². The number of hydrogen-bond acceptors (Lipinski definition) is 4. The molecule has 0 bridgehead atoms. The van der Waals surface area contributed by atoms with Crippen molar-refractivity contribution in [3.8, 4) is 0 Å². The number of benzene rings is 2. The molecule has 2 amide bonds. The second-order valence-electron chi connectivity index (χ2n) is 8.73. The van der Waals surface area contributed by atoms with Crippen LogP contribution in [-0.4, -0.2) is 55.6 Å². The highest BCUT2D eigenvalue weighted by Gasteiger charge is 2.29. The minimum atomic E-state index is -3.73. The lowest BCUT2D eigenvalue weighted by Crippen LogP contribution is -2.38. The number of anilines is 1. The van der Waals surface area contributed by atoms with Crippen LogP contribution in [0.2, 0.25) is 5.02 Å². The van der Waals surface area contributed by atoms with Gasteiger partial charge in [-0.2, -0.15) is 4.31 Å². The Morgan fingerprint density at radius 2 is 1.64 bits per heavy atom. The second-order valence-corrected chi connectivity index (χ2v) is 11.1. The van der Waals surface area contributed by atoms with Gasteiger partial charge in [-0.15, -0.1) is 0 Å². The predicted molar refractivity (Wildman–Crippen MR) is 128 cm³/mol. The van der Waals surface area contributed by atoms with Gasteiger partial charge in [-0.25, -0.2) is 8.42 Å². The van der Waals surface area contributed by atoms with E-state index in [2.05, 4.69) is 12.2 Å². The normalized spacial score (nSPS) is 17.8. The van der Waals surface area contributed by atoms with E-state index in [0.29, 0.717) is 43.3 Å². The third-order valence-electron chi connectivity index (χ3n) is 6.36. The Labute approximate surface area is 199 Å². The highest BCUT2D eigenvalue weighted by Crippen LogP contribution is 2.28. The first kappa shape index (κ1) is 23.7. The molecule has 9 heteroatoms. The number of nitrogens with one attached hydrogen (secondary N) is 1. The third kappa shape index (κ3) is 5.08. The number of piperidine rings is 1. The molecule has 0 aliphatic carbocycles. The van der Waals surface area contributed by atoms with Crippen molar-refractivity contribution in [1.82, 2.24) is 9.21 Å². The fourth-order valence-corrected chi connectivity index (χ4v) is 5.97. The first-order chi connectivity index (χ1) is 15.8. The first-order valence-electron chi connectivity index (χ1n) is 11.3. The SMILES string of the molecule is CC1CCN(S(=O)(=O)c2ccc(Cl)c(C(=O)Nc3ccccc3C(=O)N3CCCC3)c2)CC1. The lowest BCUT2D eigenvalue weighted by molar-refractivity contribution is 0.0794. The number of amides is 2. The number of hydrogen-bond donors (Lipinski definition) is 1. The maximum Gasteiger partial charge on any atom is 0.257 e. The zero-order valence-electron chi connectivity index (χ0n) is 18.6. The van der Waals surface area contributed by atoms with Crippen molar-refractivity contribution in [1.29, 1.82) is 0 Å². The maximum atomic E-state index is 13.1. The van der Waals surface area contributed by atoms with Crippen molar-refractivity contribution in [2.75, 3.05) is 31.5 Å². The van der Waals surface area contributed by atoms with Crippen LogP contribution in [0.5, 0.6) is 0 Å². The minimum absolute atomic E-state index is 0.0352. The van der Waals surface area contributed by atoms with Gasteiger partial charge in [0.25, 0.3) is 11.8 Å². The summed E-state index contributed by atoms with van der Waals surface area (Å²) in [6.07, 6.45) is 3.55.